The Bertz CT molecular complexity index is 698. The van der Waals surface area contributed by atoms with Gasteiger partial charge in [-0.25, -0.2) is 0 Å². The van der Waals surface area contributed by atoms with Crippen LogP contribution in [0.5, 0.6) is 0 Å². The van der Waals surface area contributed by atoms with Crippen molar-refractivity contribution in [2.45, 2.75) is 25.7 Å². The second kappa shape index (κ2) is 8.31. The maximum absolute atomic E-state index is 12.9. The topological polar surface area (TPSA) is 98.7 Å². The molecule has 1 heterocycles. The lowest BCUT2D eigenvalue weighted by Crippen LogP contribution is -2.43. The van der Waals surface area contributed by atoms with E-state index < -0.39 is 5.97 Å². The van der Waals surface area contributed by atoms with Gasteiger partial charge in [0.25, 0.3) is 0 Å². The van der Waals surface area contributed by atoms with Gasteiger partial charge < -0.3 is 20.6 Å². The summed E-state index contributed by atoms with van der Waals surface area (Å²) in [6, 6.07) is 6.08. The van der Waals surface area contributed by atoms with Gasteiger partial charge in [-0.1, -0.05) is 6.07 Å². The molecule has 3 rings (SSSR count). The first-order chi connectivity index (χ1) is 12.5. The molecule has 7 nitrogen and oxygen atoms in total. The minimum atomic E-state index is -0.951. The number of hydrogen-bond acceptors (Lipinski definition) is 5. The Kier molecular flexibility index (Phi) is 5.88. The standard InChI is InChI=1S/C19H25N3O4/c23-17(21-6-5-18(24)25)11-14-2-1-13-3-4-15(12-16(13)19(14)26)22-9-7-20-8-10-22/h3-4,12,14,20H,1-2,5-11H2,(H,21,23)(H,24,25). The van der Waals surface area contributed by atoms with Crippen LogP contribution in [-0.2, 0) is 16.0 Å². The zero-order valence-electron chi connectivity index (χ0n) is 14.8. The number of benzene rings is 1. The number of anilines is 1. The van der Waals surface area contributed by atoms with E-state index in [2.05, 4.69) is 21.6 Å². The molecule has 2 aliphatic rings. The van der Waals surface area contributed by atoms with Gasteiger partial charge in [0.2, 0.25) is 5.91 Å². The Morgan fingerprint density at radius 2 is 2.04 bits per heavy atom. The third kappa shape index (κ3) is 4.40. The molecule has 1 saturated heterocycles. The van der Waals surface area contributed by atoms with Gasteiger partial charge in [0.1, 0.15) is 0 Å². The van der Waals surface area contributed by atoms with Gasteiger partial charge in [0.05, 0.1) is 6.42 Å². The summed E-state index contributed by atoms with van der Waals surface area (Å²) in [6.45, 7) is 3.80. The number of rotatable bonds is 6. The van der Waals surface area contributed by atoms with Gasteiger partial charge in [-0.05, 0) is 30.5 Å². The van der Waals surface area contributed by atoms with Crippen LogP contribution >= 0.6 is 0 Å². The summed E-state index contributed by atoms with van der Waals surface area (Å²) in [4.78, 5) is 37.6. The highest BCUT2D eigenvalue weighted by Crippen LogP contribution is 2.30. The van der Waals surface area contributed by atoms with Crippen LogP contribution in [0.25, 0.3) is 0 Å². The lowest BCUT2D eigenvalue weighted by molar-refractivity contribution is -0.136. The highest BCUT2D eigenvalue weighted by molar-refractivity contribution is 6.02. The van der Waals surface area contributed by atoms with Crippen LogP contribution in [0.2, 0.25) is 0 Å². The Balaban J connectivity index is 1.64. The van der Waals surface area contributed by atoms with E-state index >= 15 is 0 Å². The molecule has 0 saturated carbocycles. The summed E-state index contributed by atoms with van der Waals surface area (Å²) in [5, 5.41) is 14.5. The summed E-state index contributed by atoms with van der Waals surface area (Å²) in [5.41, 5.74) is 2.84. The number of nitrogens with one attached hydrogen (secondary N) is 2. The van der Waals surface area contributed by atoms with Crippen molar-refractivity contribution < 1.29 is 19.5 Å². The Hall–Kier alpha value is -2.41. The molecule has 26 heavy (non-hydrogen) atoms. The Morgan fingerprint density at radius 1 is 1.27 bits per heavy atom. The summed E-state index contributed by atoms with van der Waals surface area (Å²) >= 11 is 0. The fraction of sp³-hybridized carbons (Fsp3) is 0.526. The van der Waals surface area contributed by atoms with E-state index in [4.69, 9.17) is 5.11 Å². The number of carboxylic acid groups (broad SMARTS) is 1. The lowest BCUT2D eigenvalue weighted by Gasteiger charge is -2.31. The predicted octanol–water partition coefficient (Wildman–Crippen LogP) is 0.822. The quantitative estimate of drug-likeness (QED) is 0.696. The molecule has 1 aromatic rings. The molecule has 1 atom stereocenters. The molecular weight excluding hydrogens is 334 g/mol. The number of carboxylic acids is 1. The molecule has 0 radical (unpaired) electrons. The smallest absolute Gasteiger partial charge is 0.305 e. The minimum Gasteiger partial charge on any atom is -0.481 e. The molecular formula is C19H25N3O4. The van der Waals surface area contributed by atoms with Crippen molar-refractivity contribution in [2.75, 3.05) is 37.6 Å². The molecule has 1 amide bonds. The van der Waals surface area contributed by atoms with E-state index in [9.17, 15) is 14.4 Å². The van der Waals surface area contributed by atoms with Gasteiger partial charge in [0.15, 0.2) is 5.78 Å². The van der Waals surface area contributed by atoms with Gasteiger partial charge in [-0.15, -0.1) is 0 Å². The maximum atomic E-state index is 12.9. The SMILES string of the molecule is O=C(O)CCNC(=O)CC1CCc2ccc(N3CCNCC3)cc2C1=O. The average Bonchev–Trinajstić information content (AvgIpc) is 2.64. The maximum Gasteiger partial charge on any atom is 0.305 e. The molecule has 1 aliphatic heterocycles. The molecule has 0 spiro atoms. The molecule has 1 aliphatic carbocycles. The second-order valence-corrected chi connectivity index (χ2v) is 6.88. The summed E-state index contributed by atoms with van der Waals surface area (Å²) < 4.78 is 0. The molecule has 0 bridgehead atoms. The monoisotopic (exact) mass is 359 g/mol. The Morgan fingerprint density at radius 3 is 2.77 bits per heavy atom. The predicted molar refractivity (Wildman–Crippen MR) is 97.5 cm³/mol. The van der Waals surface area contributed by atoms with E-state index in [1.807, 2.05) is 12.1 Å². The molecule has 3 N–H and O–H groups in total. The number of carbonyl (C=O) groups excluding carboxylic acids is 2. The van der Waals surface area contributed by atoms with Gasteiger partial charge >= 0.3 is 5.97 Å². The van der Waals surface area contributed by atoms with Crippen molar-refractivity contribution in [3.63, 3.8) is 0 Å². The van der Waals surface area contributed by atoms with Crippen molar-refractivity contribution >= 4 is 23.3 Å². The van der Waals surface area contributed by atoms with Crippen molar-refractivity contribution in [1.82, 2.24) is 10.6 Å². The average molecular weight is 359 g/mol. The molecule has 140 valence electrons. The number of nitrogens with zero attached hydrogens (tertiary/aromatic N) is 1. The fourth-order valence-electron chi connectivity index (χ4n) is 3.61. The number of piperazine rings is 1. The van der Waals surface area contributed by atoms with Gasteiger partial charge in [-0.3, -0.25) is 14.4 Å². The van der Waals surface area contributed by atoms with E-state index in [1.54, 1.807) is 0 Å². The van der Waals surface area contributed by atoms with Gasteiger partial charge in [-0.2, -0.15) is 0 Å². The van der Waals surface area contributed by atoms with Crippen LogP contribution in [0.3, 0.4) is 0 Å². The van der Waals surface area contributed by atoms with Crippen LogP contribution < -0.4 is 15.5 Å². The highest BCUT2D eigenvalue weighted by atomic mass is 16.4. The normalized spacial score (nSPS) is 19.8. The van der Waals surface area contributed by atoms with E-state index in [1.165, 1.54) is 0 Å². The first-order valence-electron chi connectivity index (χ1n) is 9.16. The lowest BCUT2D eigenvalue weighted by atomic mass is 9.80. The molecule has 1 aromatic carbocycles. The number of Topliss-reactive ketones (excluding diaryl/α,β-unsaturated/α-hetero) is 1. The fourth-order valence-corrected chi connectivity index (χ4v) is 3.61. The van der Waals surface area contributed by atoms with Crippen molar-refractivity contribution in [1.29, 1.82) is 0 Å². The Labute approximate surface area is 152 Å². The molecule has 0 aromatic heterocycles. The molecule has 7 heteroatoms. The summed E-state index contributed by atoms with van der Waals surface area (Å²) in [7, 11) is 0. The number of ketones is 1. The van der Waals surface area contributed by atoms with E-state index in [0.29, 0.717) is 6.42 Å². The van der Waals surface area contributed by atoms with Crippen molar-refractivity contribution in [3.8, 4) is 0 Å². The molecule has 1 unspecified atom stereocenters. The zero-order valence-corrected chi connectivity index (χ0v) is 14.8. The third-order valence-electron chi connectivity index (χ3n) is 5.07. The van der Waals surface area contributed by atoms with Crippen LogP contribution in [0, 0.1) is 5.92 Å². The number of fused-ring (bicyclic) bond motifs is 1. The number of aliphatic carboxylic acids is 1. The van der Waals surface area contributed by atoms with Crippen LogP contribution in [0.4, 0.5) is 5.69 Å². The van der Waals surface area contributed by atoms with Crippen molar-refractivity contribution in [3.05, 3.63) is 29.3 Å². The second-order valence-electron chi connectivity index (χ2n) is 6.88. The summed E-state index contributed by atoms with van der Waals surface area (Å²) in [6.07, 6.45) is 1.46. The van der Waals surface area contributed by atoms with Crippen LogP contribution in [0.1, 0.15) is 35.2 Å². The third-order valence-corrected chi connectivity index (χ3v) is 5.07. The molecule has 1 fully saturated rings. The van der Waals surface area contributed by atoms with E-state index in [0.717, 1.165) is 49.4 Å². The van der Waals surface area contributed by atoms with Crippen molar-refractivity contribution in [2.24, 2.45) is 5.92 Å². The number of aryl methyl sites for hydroxylation is 1. The minimum absolute atomic E-state index is 0.0246. The van der Waals surface area contributed by atoms with Gasteiger partial charge in [0, 0.05) is 56.3 Å². The van der Waals surface area contributed by atoms with Crippen LogP contribution in [-0.4, -0.2) is 55.5 Å². The largest absolute Gasteiger partial charge is 0.481 e. The number of hydrogen-bond donors (Lipinski definition) is 3. The first-order valence-corrected chi connectivity index (χ1v) is 9.16. The first kappa shape index (κ1) is 18.4. The number of amides is 1. The summed E-state index contributed by atoms with van der Waals surface area (Å²) in [5.74, 6) is -1.51. The number of carbonyl (C=O) groups is 3. The zero-order chi connectivity index (χ0) is 18.5. The van der Waals surface area contributed by atoms with Crippen LogP contribution in [0.15, 0.2) is 18.2 Å². The highest BCUT2D eigenvalue weighted by Gasteiger charge is 2.29. The van der Waals surface area contributed by atoms with E-state index in [-0.39, 0.29) is 37.0 Å².